The van der Waals surface area contributed by atoms with Gasteiger partial charge in [0.25, 0.3) is 6.47 Å². The van der Waals surface area contributed by atoms with Crippen LogP contribution >= 0.6 is 34.8 Å². The summed E-state index contributed by atoms with van der Waals surface area (Å²) in [6, 6.07) is 18.8. The van der Waals surface area contributed by atoms with Crippen LogP contribution in [0.2, 0.25) is 15.1 Å². The van der Waals surface area contributed by atoms with Crippen LogP contribution in [0, 0.1) is 0 Å². The number of hydrogen-bond donors (Lipinski definition) is 0. The maximum Gasteiger partial charge on any atom is 0.298 e. The van der Waals surface area contributed by atoms with Crippen molar-refractivity contribution >= 4 is 41.3 Å². The molecular weight excluding hydrogens is 533 g/mol. The third-order valence-corrected chi connectivity index (χ3v) is 7.96. The van der Waals surface area contributed by atoms with Gasteiger partial charge in [-0.2, -0.15) is 0 Å². The summed E-state index contributed by atoms with van der Waals surface area (Å²) < 4.78 is 16.8. The van der Waals surface area contributed by atoms with Gasteiger partial charge in [0.15, 0.2) is 0 Å². The smallest absolute Gasteiger partial charge is 0.298 e. The van der Waals surface area contributed by atoms with Gasteiger partial charge in [-0.1, -0.05) is 64.2 Å². The zero-order chi connectivity index (χ0) is 25.5. The summed E-state index contributed by atoms with van der Waals surface area (Å²) in [6.45, 7) is 0.698. The Kier molecular flexibility index (Phi) is 6.62. The van der Waals surface area contributed by atoms with Crippen LogP contribution in [-0.2, 0) is 11.4 Å². The van der Waals surface area contributed by atoms with E-state index >= 15 is 0 Å². The fourth-order valence-corrected chi connectivity index (χ4v) is 5.75. The molecule has 0 saturated heterocycles. The van der Waals surface area contributed by atoms with Gasteiger partial charge in [-0.25, -0.2) is 0 Å². The average molecular weight is 555 g/mol. The van der Waals surface area contributed by atoms with Crippen molar-refractivity contribution < 1.29 is 18.8 Å². The van der Waals surface area contributed by atoms with Gasteiger partial charge in [0.2, 0.25) is 0 Å². The van der Waals surface area contributed by atoms with E-state index in [4.69, 9.17) is 48.8 Å². The molecule has 8 heteroatoms. The Morgan fingerprint density at radius 3 is 2.32 bits per heavy atom. The number of hydrogen-bond acceptors (Lipinski definition) is 5. The molecule has 0 amide bonds. The van der Waals surface area contributed by atoms with Crippen molar-refractivity contribution in [3.8, 4) is 22.8 Å². The van der Waals surface area contributed by atoms with E-state index in [1.807, 2.05) is 42.5 Å². The van der Waals surface area contributed by atoms with Crippen molar-refractivity contribution in [1.29, 1.82) is 0 Å². The summed E-state index contributed by atoms with van der Waals surface area (Å²) in [7, 11) is 0. The lowest BCUT2D eigenvalue weighted by Crippen LogP contribution is -2.00. The molecule has 5 nitrogen and oxygen atoms in total. The highest BCUT2D eigenvalue weighted by atomic mass is 35.5. The Bertz CT molecular complexity index is 1440. The second-order valence-electron chi connectivity index (χ2n) is 9.45. The van der Waals surface area contributed by atoms with Crippen molar-refractivity contribution in [1.82, 2.24) is 5.16 Å². The molecule has 0 radical (unpaired) electrons. The van der Waals surface area contributed by atoms with Crippen molar-refractivity contribution in [3.63, 3.8) is 0 Å². The first-order valence-electron chi connectivity index (χ1n) is 12.1. The first-order valence-corrected chi connectivity index (χ1v) is 13.2. The number of halogens is 3. The van der Waals surface area contributed by atoms with Crippen LogP contribution in [0.5, 0.6) is 11.5 Å². The molecule has 0 spiro atoms. The molecule has 2 aliphatic carbocycles. The van der Waals surface area contributed by atoms with E-state index in [2.05, 4.69) is 5.16 Å². The highest BCUT2D eigenvalue weighted by Crippen LogP contribution is 2.56. The molecule has 2 saturated carbocycles. The zero-order valence-corrected chi connectivity index (χ0v) is 21.9. The Labute approximate surface area is 229 Å². The highest BCUT2D eigenvalue weighted by molar-refractivity contribution is 6.39. The lowest BCUT2D eigenvalue weighted by atomic mass is 10.0. The van der Waals surface area contributed by atoms with E-state index in [1.54, 1.807) is 18.2 Å². The van der Waals surface area contributed by atoms with Crippen molar-refractivity contribution in [2.75, 3.05) is 0 Å². The quantitative estimate of drug-likeness (QED) is 0.194. The van der Waals surface area contributed by atoms with Gasteiger partial charge in [-0.15, -0.1) is 0 Å². The molecule has 2 fully saturated rings. The summed E-state index contributed by atoms with van der Waals surface area (Å²) >= 11 is 19.6. The maximum atomic E-state index is 10.5. The first kappa shape index (κ1) is 24.4. The van der Waals surface area contributed by atoms with Crippen LogP contribution in [0.4, 0.5) is 0 Å². The molecule has 37 heavy (non-hydrogen) atoms. The minimum Gasteiger partial charge on any atom is -0.489 e. The molecule has 0 N–H and O–H groups in total. The van der Waals surface area contributed by atoms with Crippen molar-refractivity contribution in [2.45, 2.75) is 43.6 Å². The van der Waals surface area contributed by atoms with Crippen LogP contribution in [-0.4, -0.2) is 11.6 Å². The summed E-state index contributed by atoms with van der Waals surface area (Å²) in [4.78, 5) is 10.5. The molecule has 1 heterocycles. The number of aromatic nitrogens is 1. The molecule has 1 aromatic heterocycles. The van der Waals surface area contributed by atoms with Crippen molar-refractivity contribution in [3.05, 3.63) is 98.2 Å². The topological polar surface area (TPSA) is 61.6 Å². The van der Waals surface area contributed by atoms with Gasteiger partial charge >= 0.3 is 0 Å². The van der Waals surface area contributed by atoms with E-state index in [0.29, 0.717) is 62.1 Å². The fraction of sp³-hybridized carbons (Fsp3) is 0.241. The number of carbonyl (C=O) groups is 1. The number of nitrogens with zero attached hydrogens (tertiary/aromatic N) is 1. The Balaban J connectivity index is 1.19. The summed E-state index contributed by atoms with van der Waals surface area (Å²) in [6.07, 6.45) is 3.14. The highest BCUT2D eigenvalue weighted by Gasteiger charge is 2.40. The lowest BCUT2D eigenvalue weighted by Gasteiger charge is -2.11. The predicted octanol–water partition coefficient (Wildman–Crippen LogP) is 8.56. The SMILES string of the molecule is O=COc1ccc(C2CC2c2ccc(OCc3c(-c4c(Cl)cccc4Cl)noc3C3CC3)cc2Cl)cc1. The standard InChI is InChI=1S/C29H22Cl3NO4/c30-24-2-1-3-25(31)27(24)28-23(29(37-33-28)17-4-5-17)14-35-19-10-11-20(26(32)12-19)22-13-21(22)16-6-8-18(9-7-16)36-15-34/h1-3,6-12,15,17,21-22H,4-5,13-14H2. The Morgan fingerprint density at radius 2 is 1.65 bits per heavy atom. The third-order valence-electron chi connectivity index (χ3n) is 7.00. The van der Waals surface area contributed by atoms with Crippen LogP contribution in [0.25, 0.3) is 11.3 Å². The molecule has 2 atom stereocenters. The normalized spacial score (nSPS) is 18.5. The molecule has 4 aromatic rings. The predicted molar refractivity (Wildman–Crippen MR) is 143 cm³/mol. The molecule has 6 rings (SSSR count). The van der Waals surface area contributed by atoms with E-state index in [9.17, 15) is 4.79 Å². The Morgan fingerprint density at radius 1 is 0.919 bits per heavy atom. The van der Waals surface area contributed by atoms with E-state index < -0.39 is 0 Å². The van der Waals surface area contributed by atoms with Crippen LogP contribution in [0.3, 0.4) is 0 Å². The van der Waals surface area contributed by atoms with Gasteiger partial charge < -0.3 is 14.0 Å². The largest absolute Gasteiger partial charge is 0.489 e. The minimum atomic E-state index is 0.267. The Hall–Kier alpha value is -2.99. The number of ether oxygens (including phenoxy) is 2. The summed E-state index contributed by atoms with van der Waals surface area (Å²) in [5.41, 5.74) is 4.43. The lowest BCUT2D eigenvalue weighted by molar-refractivity contribution is -0.120. The van der Waals surface area contributed by atoms with E-state index in [1.165, 1.54) is 5.56 Å². The second-order valence-corrected chi connectivity index (χ2v) is 10.7. The van der Waals surface area contributed by atoms with Gasteiger partial charge in [-0.05, 0) is 78.6 Å². The number of carbonyl (C=O) groups excluding carboxylic acids is 1. The molecule has 2 unspecified atom stereocenters. The fourth-order valence-electron chi connectivity index (χ4n) is 4.86. The van der Waals surface area contributed by atoms with Crippen LogP contribution in [0.1, 0.15) is 59.5 Å². The molecule has 3 aromatic carbocycles. The second kappa shape index (κ2) is 10.1. The molecule has 188 valence electrons. The van der Waals surface area contributed by atoms with Crippen LogP contribution < -0.4 is 9.47 Å². The summed E-state index contributed by atoms with van der Waals surface area (Å²) in [5, 5.41) is 6.03. The molecule has 0 bridgehead atoms. The number of rotatable bonds is 9. The zero-order valence-electron chi connectivity index (χ0n) is 19.6. The molecular formula is C29H22Cl3NO4. The molecule has 0 aliphatic heterocycles. The van der Waals surface area contributed by atoms with Gasteiger partial charge in [-0.3, -0.25) is 4.79 Å². The maximum absolute atomic E-state index is 10.5. The van der Waals surface area contributed by atoms with Gasteiger partial charge in [0.1, 0.15) is 29.6 Å². The van der Waals surface area contributed by atoms with Crippen molar-refractivity contribution in [2.24, 2.45) is 0 Å². The van der Waals surface area contributed by atoms with Gasteiger partial charge in [0.05, 0.1) is 15.6 Å². The monoisotopic (exact) mass is 553 g/mol. The van der Waals surface area contributed by atoms with E-state index in [0.717, 1.165) is 36.1 Å². The average Bonchev–Trinajstić information content (AvgIpc) is 3.82. The minimum absolute atomic E-state index is 0.267. The van der Waals surface area contributed by atoms with Gasteiger partial charge in [0, 0.05) is 16.5 Å². The van der Waals surface area contributed by atoms with E-state index in [-0.39, 0.29) is 6.61 Å². The first-order chi connectivity index (χ1) is 18.0. The third kappa shape index (κ3) is 4.96. The van der Waals surface area contributed by atoms with Crippen LogP contribution in [0.15, 0.2) is 65.2 Å². The summed E-state index contributed by atoms with van der Waals surface area (Å²) in [5.74, 6) is 3.11. The number of benzene rings is 3. The molecule has 2 aliphatic rings.